The van der Waals surface area contributed by atoms with Gasteiger partial charge in [-0.2, -0.15) is 4.68 Å². The molecule has 0 saturated heterocycles. The van der Waals surface area contributed by atoms with Gasteiger partial charge in [-0.1, -0.05) is 6.07 Å². The lowest BCUT2D eigenvalue weighted by Gasteiger charge is -2.09. The van der Waals surface area contributed by atoms with Crippen molar-refractivity contribution < 1.29 is 4.79 Å². The molecule has 0 aliphatic carbocycles. The van der Waals surface area contributed by atoms with E-state index in [1.54, 1.807) is 30.7 Å². The quantitative estimate of drug-likeness (QED) is 0.809. The average Bonchev–Trinajstić information content (AvgIpc) is 2.75. The van der Waals surface area contributed by atoms with Crippen molar-refractivity contribution in [3.05, 3.63) is 30.1 Å². The maximum absolute atomic E-state index is 11.5. The molecule has 0 spiro atoms. The third-order valence-electron chi connectivity index (χ3n) is 2.40. The fraction of sp³-hybridized carbons (Fsp3) is 0.273. The molecule has 0 fully saturated rings. The van der Waals surface area contributed by atoms with Crippen LogP contribution in [0.3, 0.4) is 0 Å². The number of carbonyl (C=O) groups excluding carboxylic acids is 1. The van der Waals surface area contributed by atoms with Crippen LogP contribution in [0.4, 0.5) is 5.69 Å². The lowest BCUT2D eigenvalue weighted by atomic mass is 10.2. The third kappa shape index (κ3) is 2.51. The smallest absolute Gasteiger partial charge is 0.240 e. The Labute approximate surface area is 104 Å². The van der Waals surface area contributed by atoms with E-state index >= 15 is 0 Å². The number of rotatable bonds is 3. The first kappa shape index (κ1) is 12.2. The summed E-state index contributed by atoms with van der Waals surface area (Å²) in [4.78, 5) is 11.5. The van der Waals surface area contributed by atoms with Gasteiger partial charge in [0.05, 0.1) is 11.7 Å². The predicted octanol–water partition coefficient (Wildman–Crippen LogP) is 0.256. The van der Waals surface area contributed by atoms with E-state index in [9.17, 15) is 4.79 Å². The zero-order chi connectivity index (χ0) is 13.1. The van der Waals surface area contributed by atoms with Gasteiger partial charge in [0.25, 0.3) is 0 Å². The first-order chi connectivity index (χ1) is 8.58. The molecule has 1 aromatic heterocycles. The third-order valence-corrected chi connectivity index (χ3v) is 2.40. The number of tetrazole rings is 1. The zero-order valence-electron chi connectivity index (χ0n) is 10.2. The number of anilines is 1. The van der Waals surface area contributed by atoms with Crippen molar-refractivity contribution in [3.8, 4) is 5.69 Å². The maximum Gasteiger partial charge on any atom is 0.240 e. The number of nitrogens with zero attached hydrogens (tertiary/aromatic N) is 4. The molecule has 1 aromatic carbocycles. The summed E-state index contributed by atoms with van der Waals surface area (Å²) in [7, 11) is 0. The van der Waals surface area contributed by atoms with Gasteiger partial charge in [0.2, 0.25) is 5.91 Å². The van der Waals surface area contributed by atoms with Crippen LogP contribution in [0.15, 0.2) is 24.3 Å². The Morgan fingerprint density at radius 2 is 2.28 bits per heavy atom. The van der Waals surface area contributed by atoms with Crippen molar-refractivity contribution in [2.45, 2.75) is 19.9 Å². The molecule has 1 atom stereocenters. The molecular formula is C11H14N6O. The van der Waals surface area contributed by atoms with Crippen LogP contribution in [0.5, 0.6) is 0 Å². The number of nitrogens with two attached hydrogens (primary N) is 1. The largest absolute Gasteiger partial charge is 0.325 e. The molecule has 0 aliphatic rings. The van der Waals surface area contributed by atoms with Crippen LogP contribution in [-0.2, 0) is 4.79 Å². The van der Waals surface area contributed by atoms with E-state index in [1.165, 1.54) is 0 Å². The van der Waals surface area contributed by atoms with Gasteiger partial charge in [0, 0.05) is 5.69 Å². The van der Waals surface area contributed by atoms with Gasteiger partial charge < -0.3 is 11.1 Å². The van der Waals surface area contributed by atoms with Crippen molar-refractivity contribution in [2.75, 3.05) is 5.32 Å². The van der Waals surface area contributed by atoms with E-state index in [0.717, 1.165) is 5.69 Å². The molecule has 18 heavy (non-hydrogen) atoms. The number of hydrogen-bond donors (Lipinski definition) is 2. The van der Waals surface area contributed by atoms with Crippen LogP contribution < -0.4 is 11.1 Å². The summed E-state index contributed by atoms with van der Waals surface area (Å²) < 4.78 is 1.58. The zero-order valence-corrected chi connectivity index (χ0v) is 10.2. The molecule has 94 valence electrons. The highest BCUT2D eigenvalue weighted by molar-refractivity contribution is 5.94. The molecule has 3 N–H and O–H groups in total. The molecule has 2 rings (SSSR count). The highest BCUT2D eigenvalue weighted by Crippen LogP contribution is 2.14. The van der Waals surface area contributed by atoms with E-state index in [2.05, 4.69) is 20.8 Å². The molecule has 1 unspecified atom stereocenters. The van der Waals surface area contributed by atoms with Crippen LogP contribution in [0, 0.1) is 6.92 Å². The fourth-order valence-electron chi connectivity index (χ4n) is 1.44. The molecule has 0 radical (unpaired) electrons. The average molecular weight is 246 g/mol. The molecule has 0 aliphatic heterocycles. The summed E-state index contributed by atoms with van der Waals surface area (Å²) in [5, 5.41) is 14.0. The van der Waals surface area contributed by atoms with E-state index in [4.69, 9.17) is 5.73 Å². The molecule has 1 amide bonds. The van der Waals surface area contributed by atoms with E-state index < -0.39 is 6.04 Å². The summed E-state index contributed by atoms with van der Waals surface area (Å²) in [6.45, 7) is 3.43. The summed E-state index contributed by atoms with van der Waals surface area (Å²) >= 11 is 0. The van der Waals surface area contributed by atoms with Gasteiger partial charge in [-0.3, -0.25) is 4.79 Å². The number of hydrogen-bond acceptors (Lipinski definition) is 5. The number of amides is 1. The van der Waals surface area contributed by atoms with Gasteiger partial charge in [-0.25, -0.2) is 0 Å². The second kappa shape index (κ2) is 4.92. The monoisotopic (exact) mass is 246 g/mol. The van der Waals surface area contributed by atoms with Crippen molar-refractivity contribution in [1.29, 1.82) is 0 Å². The first-order valence-corrected chi connectivity index (χ1v) is 5.50. The van der Waals surface area contributed by atoms with Gasteiger partial charge >= 0.3 is 0 Å². The molecule has 2 aromatic rings. The minimum absolute atomic E-state index is 0.236. The summed E-state index contributed by atoms with van der Waals surface area (Å²) in [5.74, 6) is 0.436. The van der Waals surface area contributed by atoms with Crippen LogP contribution >= 0.6 is 0 Å². The molecule has 7 nitrogen and oxygen atoms in total. The van der Waals surface area contributed by atoms with E-state index in [1.807, 2.05) is 12.1 Å². The van der Waals surface area contributed by atoms with Crippen molar-refractivity contribution in [1.82, 2.24) is 20.2 Å². The van der Waals surface area contributed by atoms with Gasteiger partial charge in [-0.15, -0.1) is 5.10 Å². The first-order valence-electron chi connectivity index (χ1n) is 5.50. The lowest BCUT2D eigenvalue weighted by molar-refractivity contribution is -0.117. The minimum atomic E-state index is -0.552. The topological polar surface area (TPSA) is 98.7 Å². The van der Waals surface area contributed by atoms with Crippen LogP contribution in [-0.4, -0.2) is 32.2 Å². The van der Waals surface area contributed by atoms with Crippen LogP contribution in [0.2, 0.25) is 0 Å². The Morgan fingerprint density at radius 1 is 1.50 bits per heavy atom. The van der Waals surface area contributed by atoms with Gasteiger partial charge in [0.15, 0.2) is 5.82 Å². The summed E-state index contributed by atoms with van der Waals surface area (Å²) in [6, 6.07) is 6.68. The number of nitrogens with one attached hydrogen (secondary N) is 1. The van der Waals surface area contributed by atoms with E-state index in [-0.39, 0.29) is 5.91 Å². The van der Waals surface area contributed by atoms with Crippen molar-refractivity contribution in [3.63, 3.8) is 0 Å². The number of aromatic nitrogens is 4. The Morgan fingerprint density at radius 3 is 2.89 bits per heavy atom. The minimum Gasteiger partial charge on any atom is -0.325 e. The standard InChI is InChI=1S/C11H14N6O/c1-7(12)11(18)13-9-4-3-5-10(6-9)17-8(2)14-15-16-17/h3-7H,12H2,1-2H3,(H,13,18). The number of carbonyl (C=O) groups is 1. The van der Waals surface area contributed by atoms with Crippen LogP contribution in [0.25, 0.3) is 5.69 Å². The van der Waals surface area contributed by atoms with Gasteiger partial charge in [0.1, 0.15) is 0 Å². The summed E-state index contributed by atoms with van der Waals surface area (Å²) in [5.41, 5.74) is 6.93. The Balaban J connectivity index is 2.26. The van der Waals surface area contributed by atoms with Gasteiger partial charge in [-0.05, 0) is 42.5 Å². The number of benzene rings is 1. The second-order valence-electron chi connectivity index (χ2n) is 3.97. The lowest BCUT2D eigenvalue weighted by Crippen LogP contribution is -2.32. The molecular weight excluding hydrogens is 232 g/mol. The fourth-order valence-corrected chi connectivity index (χ4v) is 1.44. The maximum atomic E-state index is 11.5. The Kier molecular flexibility index (Phi) is 3.33. The molecule has 0 saturated carbocycles. The Bertz CT molecular complexity index is 562. The predicted molar refractivity (Wildman–Crippen MR) is 66.2 cm³/mol. The number of aryl methyl sites for hydroxylation is 1. The van der Waals surface area contributed by atoms with Crippen LogP contribution in [0.1, 0.15) is 12.7 Å². The highest BCUT2D eigenvalue weighted by Gasteiger charge is 2.09. The van der Waals surface area contributed by atoms with E-state index in [0.29, 0.717) is 11.5 Å². The SMILES string of the molecule is Cc1nnnn1-c1cccc(NC(=O)C(C)N)c1. The molecule has 7 heteroatoms. The second-order valence-corrected chi connectivity index (χ2v) is 3.97. The molecule has 0 bridgehead atoms. The molecule has 1 heterocycles. The van der Waals surface area contributed by atoms with Crippen molar-refractivity contribution in [2.24, 2.45) is 5.73 Å². The van der Waals surface area contributed by atoms with Crippen molar-refractivity contribution >= 4 is 11.6 Å². The highest BCUT2D eigenvalue weighted by atomic mass is 16.2. The summed E-state index contributed by atoms with van der Waals surface area (Å²) in [6.07, 6.45) is 0. The normalized spacial score (nSPS) is 12.2. The Hall–Kier alpha value is -2.28.